The van der Waals surface area contributed by atoms with Crippen LogP contribution in [0.25, 0.3) is 0 Å². The van der Waals surface area contributed by atoms with Crippen LogP contribution in [0.15, 0.2) is 42.5 Å². The van der Waals surface area contributed by atoms with Gasteiger partial charge in [-0.05, 0) is 42.3 Å². The summed E-state index contributed by atoms with van der Waals surface area (Å²) in [4.78, 5) is 11.5. The van der Waals surface area contributed by atoms with Gasteiger partial charge in [0, 0.05) is 24.3 Å². The van der Waals surface area contributed by atoms with E-state index >= 15 is 0 Å². The number of anilines is 2. The SMILES string of the molecule is CCCC(=O)Nc1ccc(CNc2ccc(Cl)c(F)c2)cc1. The van der Waals surface area contributed by atoms with E-state index in [1.54, 1.807) is 6.07 Å². The van der Waals surface area contributed by atoms with E-state index in [9.17, 15) is 9.18 Å². The quantitative estimate of drug-likeness (QED) is 0.800. The highest BCUT2D eigenvalue weighted by Crippen LogP contribution is 2.19. The van der Waals surface area contributed by atoms with Gasteiger partial charge >= 0.3 is 0 Å². The first kappa shape index (κ1) is 16.3. The second-order valence-electron chi connectivity index (χ2n) is 4.98. The number of rotatable bonds is 6. The molecule has 2 N–H and O–H groups in total. The molecule has 2 aromatic carbocycles. The molecule has 0 unspecified atom stereocenters. The number of hydrogen-bond acceptors (Lipinski definition) is 2. The van der Waals surface area contributed by atoms with Crippen molar-refractivity contribution >= 4 is 28.9 Å². The predicted molar refractivity (Wildman–Crippen MR) is 88.7 cm³/mol. The van der Waals surface area contributed by atoms with Gasteiger partial charge in [0.05, 0.1) is 5.02 Å². The van der Waals surface area contributed by atoms with Crippen LogP contribution in [0.4, 0.5) is 15.8 Å². The summed E-state index contributed by atoms with van der Waals surface area (Å²) in [6.07, 6.45) is 1.34. The molecule has 116 valence electrons. The highest BCUT2D eigenvalue weighted by molar-refractivity contribution is 6.30. The van der Waals surface area contributed by atoms with Gasteiger partial charge in [0.15, 0.2) is 0 Å². The van der Waals surface area contributed by atoms with Crippen LogP contribution in [-0.4, -0.2) is 5.91 Å². The van der Waals surface area contributed by atoms with E-state index in [4.69, 9.17) is 11.6 Å². The van der Waals surface area contributed by atoms with Crippen LogP contribution < -0.4 is 10.6 Å². The standard InChI is InChI=1S/C17H18ClFN2O/c1-2-3-17(22)21-13-6-4-12(5-7-13)11-20-14-8-9-15(18)16(19)10-14/h4-10,20H,2-3,11H2,1H3,(H,21,22). The summed E-state index contributed by atoms with van der Waals surface area (Å²) in [5.74, 6) is -0.425. The van der Waals surface area contributed by atoms with Crippen molar-refractivity contribution in [2.45, 2.75) is 26.3 Å². The number of carbonyl (C=O) groups excluding carboxylic acids is 1. The molecular formula is C17H18ClFN2O. The zero-order valence-electron chi connectivity index (χ0n) is 12.3. The average molecular weight is 321 g/mol. The number of carbonyl (C=O) groups is 1. The molecule has 0 fully saturated rings. The van der Waals surface area contributed by atoms with Crippen molar-refractivity contribution in [1.29, 1.82) is 0 Å². The maximum absolute atomic E-state index is 13.3. The van der Waals surface area contributed by atoms with Crippen LogP contribution in [0.3, 0.4) is 0 Å². The van der Waals surface area contributed by atoms with E-state index in [0.29, 0.717) is 18.7 Å². The van der Waals surface area contributed by atoms with Crippen molar-refractivity contribution in [1.82, 2.24) is 0 Å². The summed E-state index contributed by atoms with van der Waals surface area (Å²) in [6, 6.07) is 12.2. The predicted octanol–water partition coefficient (Wildman–Crippen LogP) is 4.83. The highest BCUT2D eigenvalue weighted by atomic mass is 35.5. The smallest absolute Gasteiger partial charge is 0.224 e. The Bertz CT molecular complexity index is 644. The summed E-state index contributed by atoms with van der Waals surface area (Å²) in [5.41, 5.74) is 2.48. The summed E-state index contributed by atoms with van der Waals surface area (Å²) in [7, 11) is 0. The van der Waals surface area contributed by atoms with Crippen molar-refractivity contribution in [2.24, 2.45) is 0 Å². The Morgan fingerprint density at radius 3 is 2.45 bits per heavy atom. The van der Waals surface area contributed by atoms with Crippen LogP contribution in [0.1, 0.15) is 25.3 Å². The number of halogens is 2. The first-order chi connectivity index (χ1) is 10.6. The van der Waals surface area contributed by atoms with E-state index in [2.05, 4.69) is 10.6 Å². The maximum atomic E-state index is 13.3. The van der Waals surface area contributed by atoms with Gasteiger partial charge in [0.25, 0.3) is 0 Å². The van der Waals surface area contributed by atoms with E-state index in [0.717, 1.165) is 17.7 Å². The Kier molecular flexibility index (Phi) is 5.78. The molecule has 0 atom stereocenters. The topological polar surface area (TPSA) is 41.1 Å². The largest absolute Gasteiger partial charge is 0.381 e. The molecule has 3 nitrogen and oxygen atoms in total. The zero-order chi connectivity index (χ0) is 15.9. The Morgan fingerprint density at radius 2 is 1.82 bits per heavy atom. The minimum absolute atomic E-state index is 0.0185. The Morgan fingerprint density at radius 1 is 1.14 bits per heavy atom. The van der Waals surface area contributed by atoms with E-state index in [-0.39, 0.29) is 10.9 Å². The van der Waals surface area contributed by atoms with E-state index in [1.165, 1.54) is 12.1 Å². The summed E-state index contributed by atoms with van der Waals surface area (Å²) >= 11 is 5.64. The molecule has 0 aromatic heterocycles. The van der Waals surface area contributed by atoms with Crippen molar-refractivity contribution in [3.05, 3.63) is 58.9 Å². The normalized spacial score (nSPS) is 10.3. The monoisotopic (exact) mass is 320 g/mol. The molecule has 22 heavy (non-hydrogen) atoms. The van der Waals surface area contributed by atoms with Crippen molar-refractivity contribution < 1.29 is 9.18 Å². The number of hydrogen-bond donors (Lipinski definition) is 2. The molecule has 0 aliphatic carbocycles. The van der Waals surface area contributed by atoms with Gasteiger partial charge in [-0.15, -0.1) is 0 Å². The van der Waals surface area contributed by atoms with Crippen LogP contribution in [0.5, 0.6) is 0 Å². The highest BCUT2D eigenvalue weighted by Gasteiger charge is 2.02. The molecule has 0 radical (unpaired) electrons. The van der Waals surface area contributed by atoms with Crippen LogP contribution in [0.2, 0.25) is 5.02 Å². The van der Waals surface area contributed by atoms with Gasteiger partial charge in [0.2, 0.25) is 5.91 Å². The van der Waals surface area contributed by atoms with E-state index < -0.39 is 5.82 Å². The minimum atomic E-state index is -0.444. The Balaban J connectivity index is 1.91. The molecule has 5 heteroatoms. The van der Waals surface area contributed by atoms with Gasteiger partial charge in [-0.2, -0.15) is 0 Å². The van der Waals surface area contributed by atoms with Gasteiger partial charge in [-0.25, -0.2) is 4.39 Å². The fourth-order valence-corrected chi connectivity index (χ4v) is 2.08. The van der Waals surface area contributed by atoms with Gasteiger partial charge in [-0.1, -0.05) is 30.7 Å². The molecule has 0 aliphatic heterocycles. The number of benzene rings is 2. The third-order valence-corrected chi connectivity index (χ3v) is 3.44. The molecule has 1 amide bonds. The molecule has 0 heterocycles. The summed E-state index contributed by atoms with van der Waals surface area (Å²) in [5, 5.41) is 6.07. The molecule has 0 bridgehead atoms. The van der Waals surface area contributed by atoms with Gasteiger partial charge < -0.3 is 10.6 Å². The average Bonchev–Trinajstić information content (AvgIpc) is 2.50. The lowest BCUT2D eigenvalue weighted by Crippen LogP contribution is -2.10. The molecule has 0 saturated heterocycles. The van der Waals surface area contributed by atoms with Crippen LogP contribution in [0, 0.1) is 5.82 Å². The third kappa shape index (κ3) is 4.74. The summed E-state index contributed by atoms with van der Waals surface area (Å²) in [6.45, 7) is 2.53. The molecule has 2 rings (SSSR count). The molecule has 0 aliphatic rings. The summed E-state index contributed by atoms with van der Waals surface area (Å²) < 4.78 is 13.3. The van der Waals surface area contributed by atoms with Gasteiger partial charge in [0.1, 0.15) is 5.82 Å². The maximum Gasteiger partial charge on any atom is 0.224 e. The lowest BCUT2D eigenvalue weighted by Gasteiger charge is -2.09. The Labute approximate surface area is 134 Å². The van der Waals surface area contributed by atoms with Crippen molar-refractivity contribution in [3.8, 4) is 0 Å². The number of amides is 1. The van der Waals surface area contributed by atoms with Crippen LogP contribution in [-0.2, 0) is 11.3 Å². The lowest BCUT2D eigenvalue weighted by atomic mass is 10.2. The minimum Gasteiger partial charge on any atom is -0.381 e. The first-order valence-electron chi connectivity index (χ1n) is 7.16. The van der Waals surface area contributed by atoms with Gasteiger partial charge in [-0.3, -0.25) is 4.79 Å². The first-order valence-corrected chi connectivity index (χ1v) is 7.54. The molecule has 0 saturated carbocycles. The third-order valence-electron chi connectivity index (χ3n) is 3.13. The van der Waals surface area contributed by atoms with E-state index in [1.807, 2.05) is 31.2 Å². The molecule has 2 aromatic rings. The van der Waals surface area contributed by atoms with Crippen LogP contribution >= 0.6 is 11.6 Å². The second-order valence-corrected chi connectivity index (χ2v) is 5.38. The second kappa shape index (κ2) is 7.80. The zero-order valence-corrected chi connectivity index (χ0v) is 13.1. The fraction of sp³-hybridized carbons (Fsp3) is 0.235. The van der Waals surface area contributed by atoms with Crippen molar-refractivity contribution in [3.63, 3.8) is 0 Å². The van der Waals surface area contributed by atoms with Crippen molar-refractivity contribution in [2.75, 3.05) is 10.6 Å². The molecule has 0 spiro atoms. The fourth-order valence-electron chi connectivity index (χ4n) is 1.97. The Hall–Kier alpha value is -2.07. The lowest BCUT2D eigenvalue weighted by molar-refractivity contribution is -0.116. The number of nitrogens with one attached hydrogen (secondary N) is 2. The molecular weight excluding hydrogens is 303 g/mol.